The maximum absolute atomic E-state index is 13.3. The average Bonchev–Trinajstić information content (AvgIpc) is 3.27. The number of methoxy groups -OCH3 is 2. The van der Waals surface area contributed by atoms with Crippen LogP contribution in [0.15, 0.2) is 69.6 Å². The Morgan fingerprint density at radius 2 is 2.00 bits per heavy atom. The molecule has 2 aromatic rings. The third-order valence-corrected chi connectivity index (χ3v) is 5.61. The molecule has 2 aliphatic rings. The van der Waals surface area contributed by atoms with Crippen LogP contribution in [0.1, 0.15) is 42.9 Å². The normalized spacial score (nSPS) is 21.6. The number of benzene rings is 1. The van der Waals surface area contributed by atoms with Crippen LogP contribution in [0, 0.1) is 0 Å². The number of Topliss-reactive ketones (excluding diaryl/α,β-unsaturated/α-hetero) is 1. The summed E-state index contributed by atoms with van der Waals surface area (Å²) in [5.41, 5.74) is 3.41. The number of furan rings is 1. The molecular weight excluding hydrogens is 370 g/mol. The third kappa shape index (κ3) is 3.35. The van der Waals surface area contributed by atoms with Gasteiger partial charge >= 0.3 is 5.97 Å². The van der Waals surface area contributed by atoms with E-state index in [2.05, 4.69) is 5.32 Å². The largest absolute Gasteiger partial charge is 0.497 e. The number of hydrogen-bond donors (Lipinski definition) is 1. The summed E-state index contributed by atoms with van der Waals surface area (Å²) in [7, 11) is 2.94. The Bertz CT molecular complexity index is 1020. The van der Waals surface area contributed by atoms with Gasteiger partial charge in [-0.1, -0.05) is 12.1 Å². The summed E-state index contributed by atoms with van der Waals surface area (Å²) in [5, 5.41) is 3.30. The fourth-order valence-corrected chi connectivity index (χ4v) is 4.30. The first kappa shape index (κ1) is 19.1. The lowest BCUT2D eigenvalue weighted by Gasteiger charge is -2.36. The molecule has 1 N–H and O–H groups in total. The predicted octanol–water partition coefficient (Wildman–Crippen LogP) is 3.82. The number of carbonyl (C=O) groups excluding carboxylic acids is 2. The van der Waals surface area contributed by atoms with Gasteiger partial charge in [-0.3, -0.25) is 4.79 Å². The number of ether oxygens (including phenoxy) is 2. The number of hydrogen-bond acceptors (Lipinski definition) is 6. The molecule has 6 heteroatoms. The van der Waals surface area contributed by atoms with Gasteiger partial charge in [-0.2, -0.15) is 0 Å². The van der Waals surface area contributed by atoms with Crippen molar-refractivity contribution in [3.8, 4) is 5.75 Å². The van der Waals surface area contributed by atoms with E-state index in [-0.39, 0.29) is 11.7 Å². The lowest BCUT2D eigenvalue weighted by molar-refractivity contribution is -0.136. The smallest absolute Gasteiger partial charge is 0.336 e. The van der Waals surface area contributed by atoms with Crippen LogP contribution < -0.4 is 10.1 Å². The molecule has 6 nitrogen and oxygen atoms in total. The first-order valence-electron chi connectivity index (χ1n) is 9.53. The molecule has 4 rings (SSSR count). The van der Waals surface area contributed by atoms with Crippen molar-refractivity contribution in [2.45, 2.75) is 31.6 Å². The molecule has 29 heavy (non-hydrogen) atoms. The highest BCUT2D eigenvalue weighted by atomic mass is 16.5. The van der Waals surface area contributed by atoms with Gasteiger partial charge in [0, 0.05) is 35.2 Å². The monoisotopic (exact) mass is 393 g/mol. The summed E-state index contributed by atoms with van der Waals surface area (Å²) in [6.45, 7) is 1.84. The van der Waals surface area contributed by atoms with Gasteiger partial charge in [0.1, 0.15) is 11.5 Å². The molecule has 0 spiro atoms. The zero-order valence-electron chi connectivity index (χ0n) is 16.7. The van der Waals surface area contributed by atoms with E-state index in [0.717, 1.165) is 17.0 Å². The minimum absolute atomic E-state index is 0.00173. The lowest BCUT2D eigenvalue weighted by atomic mass is 9.72. The average molecular weight is 393 g/mol. The Morgan fingerprint density at radius 3 is 2.69 bits per heavy atom. The second kappa shape index (κ2) is 7.62. The molecule has 1 aliphatic heterocycles. The molecule has 1 aromatic carbocycles. The fourth-order valence-electron chi connectivity index (χ4n) is 4.30. The fraction of sp³-hybridized carbons (Fsp3) is 0.304. The van der Waals surface area contributed by atoms with Crippen LogP contribution >= 0.6 is 0 Å². The van der Waals surface area contributed by atoms with Crippen molar-refractivity contribution in [1.29, 1.82) is 0 Å². The van der Waals surface area contributed by atoms with E-state index in [9.17, 15) is 9.59 Å². The van der Waals surface area contributed by atoms with E-state index in [0.29, 0.717) is 35.4 Å². The molecule has 0 bridgehead atoms. The zero-order valence-corrected chi connectivity index (χ0v) is 16.7. The van der Waals surface area contributed by atoms with E-state index in [1.165, 1.54) is 7.11 Å². The van der Waals surface area contributed by atoms with Crippen LogP contribution in [0.5, 0.6) is 5.75 Å². The van der Waals surface area contributed by atoms with Gasteiger partial charge in [-0.25, -0.2) is 4.79 Å². The Balaban J connectivity index is 1.83. The van der Waals surface area contributed by atoms with Gasteiger partial charge in [0.05, 0.1) is 26.1 Å². The minimum atomic E-state index is -0.501. The standard InChI is InChI=1S/C23H23NO5/c1-13-20(23(26)28-3)21(14-6-4-7-16(10-14)27-2)22-17(24-13)11-15(12-18(22)25)19-8-5-9-29-19/h4-10,15,21,24H,11-12H2,1-3H3/t15-,21-/m1/s1. The van der Waals surface area contributed by atoms with Crippen molar-refractivity contribution < 1.29 is 23.5 Å². The van der Waals surface area contributed by atoms with Crippen molar-refractivity contribution in [3.05, 3.63) is 76.5 Å². The molecule has 0 saturated carbocycles. The highest BCUT2D eigenvalue weighted by Crippen LogP contribution is 2.46. The Hall–Kier alpha value is -3.28. The van der Waals surface area contributed by atoms with E-state index < -0.39 is 11.9 Å². The number of esters is 1. The minimum Gasteiger partial charge on any atom is -0.497 e. The number of nitrogens with one attached hydrogen (secondary N) is 1. The van der Waals surface area contributed by atoms with Crippen LogP contribution in [0.4, 0.5) is 0 Å². The summed E-state index contributed by atoms with van der Waals surface area (Å²) in [6, 6.07) is 11.2. The summed E-state index contributed by atoms with van der Waals surface area (Å²) in [4.78, 5) is 25.9. The van der Waals surface area contributed by atoms with Gasteiger partial charge in [0.15, 0.2) is 5.78 Å². The van der Waals surface area contributed by atoms with Gasteiger partial charge in [-0.15, -0.1) is 0 Å². The van der Waals surface area contributed by atoms with Crippen molar-refractivity contribution in [2.75, 3.05) is 14.2 Å². The third-order valence-electron chi connectivity index (χ3n) is 5.61. The molecule has 0 radical (unpaired) electrons. The number of ketones is 1. The first-order valence-corrected chi connectivity index (χ1v) is 9.53. The molecule has 0 saturated heterocycles. The van der Waals surface area contributed by atoms with Crippen molar-refractivity contribution in [3.63, 3.8) is 0 Å². The van der Waals surface area contributed by atoms with Gasteiger partial charge in [-0.05, 0) is 43.2 Å². The number of carbonyl (C=O) groups is 2. The molecule has 0 fully saturated rings. The Labute approximate surface area is 169 Å². The summed E-state index contributed by atoms with van der Waals surface area (Å²) < 4.78 is 15.9. The Morgan fingerprint density at radius 1 is 1.17 bits per heavy atom. The van der Waals surface area contributed by atoms with Crippen LogP contribution in [0.25, 0.3) is 0 Å². The molecule has 0 amide bonds. The molecular formula is C23H23NO5. The van der Waals surface area contributed by atoms with E-state index in [4.69, 9.17) is 13.9 Å². The van der Waals surface area contributed by atoms with E-state index >= 15 is 0 Å². The topological polar surface area (TPSA) is 77.8 Å². The van der Waals surface area contributed by atoms with Crippen LogP contribution in [-0.4, -0.2) is 26.0 Å². The molecule has 2 atom stereocenters. The second-order valence-electron chi connectivity index (χ2n) is 7.30. The quantitative estimate of drug-likeness (QED) is 0.796. The van der Waals surface area contributed by atoms with Crippen molar-refractivity contribution in [1.82, 2.24) is 5.32 Å². The predicted molar refractivity (Wildman–Crippen MR) is 106 cm³/mol. The highest BCUT2D eigenvalue weighted by Gasteiger charge is 2.41. The molecule has 150 valence electrons. The number of allylic oxidation sites excluding steroid dienone is 3. The molecule has 2 heterocycles. The zero-order chi connectivity index (χ0) is 20.5. The maximum Gasteiger partial charge on any atom is 0.336 e. The van der Waals surface area contributed by atoms with Crippen molar-refractivity contribution >= 4 is 11.8 Å². The maximum atomic E-state index is 13.3. The second-order valence-corrected chi connectivity index (χ2v) is 7.30. The molecule has 1 aliphatic carbocycles. The van der Waals surface area contributed by atoms with Crippen LogP contribution in [0.2, 0.25) is 0 Å². The van der Waals surface area contributed by atoms with Crippen LogP contribution in [0.3, 0.4) is 0 Å². The Kier molecular flexibility index (Phi) is 5.01. The number of dihydropyridines is 1. The first-order chi connectivity index (χ1) is 14.0. The molecule has 1 aromatic heterocycles. The summed E-state index contributed by atoms with van der Waals surface area (Å²) >= 11 is 0. The highest BCUT2D eigenvalue weighted by molar-refractivity contribution is 6.04. The van der Waals surface area contributed by atoms with Gasteiger partial charge in [0.25, 0.3) is 0 Å². The van der Waals surface area contributed by atoms with Crippen molar-refractivity contribution in [2.24, 2.45) is 0 Å². The van der Waals surface area contributed by atoms with Gasteiger partial charge < -0.3 is 19.2 Å². The SMILES string of the molecule is COC(=O)C1=C(C)NC2=C(C(=O)C[C@H](c3ccco3)C2)[C@@H]1c1cccc(OC)c1. The lowest BCUT2D eigenvalue weighted by Crippen LogP contribution is -2.35. The van der Waals surface area contributed by atoms with E-state index in [1.807, 2.05) is 43.3 Å². The number of rotatable bonds is 4. The summed E-state index contributed by atoms with van der Waals surface area (Å²) in [6.07, 6.45) is 2.60. The van der Waals surface area contributed by atoms with Gasteiger partial charge in [0.2, 0.25) is 0 Å². The summed E-state index contributed by atoms with van der Waals surface area (Å²) in [5.74, 6) is 0.491. The molecule has 0 unspecified atom stereocenters. The van der Waals surface area contributed by atoms with E-state index in [1.54, 1.807) is 13.4 Å². The van der Waals surface area contributed by atoms with Crippen LogP contribution in [-0.2, 0) is 14.3 Å².